The predicted molar refractivity (Wildman–Crippen MR) is 241 cm³/mol. The van der Waals surface area contributed by atoms with Crippen molar-refractivity contribution in [2.45, 2.75) is 289 Å². The Balaban J connectivity index is 4.38. The van der Waals surface area contributed by atoms with Gasteiger partial charge in [0.2, 0.25) is 5.91 Å². The average molecular weight is 792 g/mol. The van der Waals surface area contributed by atoms with E-state index in [-0.39, 0.29) is 24.9 Å². The SMILES string of the molecule is CCCCCCCC/C=C/CCCCCCCCCCCC(=O)OC(CCCCCCCCCCC)CC(=O)NC(CO)C(O)CCCCCCCCCCC. The van der Waals surface area contributed by atoms with Crippen LogP contribution < -0.4 is 5.32 Å². The van der Waals surface area contributed by atoms with Gasteiger partial charge < -0.3 is 20.3 Å². The molecule has 0 rings (SSSR count). The van der Waals surface area contributed by atoms with Crippen LogP contribution in [0.4, 0.5) is 0 Å². The summed E-state index contributed by atoms with van der Waals surface area (Å²) in [6.07, 6.45) is 48.5. The molecule has 0 heterocycles. The number of hydrogen-bond donors (Lipinski definition) is 3. The van der Waals surface area contributed by atoms with Crippen molar-refractivity contribution in [2.24, 2.45) is 0 Å². The first-order chi connectivity index (χ1) is 27.5. The molecular formula is C50H97NO5. The molecule has 0 fully saturated rings. The summed E-state index contributed by atoms with van der Waals surface area (Å²) < 4.78 is 5.91. The number of hydrogen-bond acceptors (Lipinski definition) is 5. The second-order valence-electron chi connectivity index (χ2n) is 17.2. The van der Waals surface area contributed by atoms with E-state index in [1.807, 2.05) is 0 Å². The first-order valence-electron chi connectivity index (χ1n) is 24.9. The van der Waals surface area contributed by atoms with Gasteiger partial charge in [0, 0.05) is 6.42 Å². The van der Waals surface area contributed by atoms with Crippen LogP contribution in [0.3, 0.4) is 0 Å². The summed E-state index contributed by atoms with van der Waals surface area (Å²) in [6.45, 7) is 6.46. The van der Waals surface area contributed by atoms with E-state index < -0.39 is 18.2 Å². The van der Waals surface area contributed by atoms with Crippen molar-refractivity contribution in [3.05, 3.63) is 12.2 Å². The molecule has 0 saturated carbocycles. The number of rotatable bonds is 45. The standard InChI is InChI=1S/C50H97NO5/c1-4-7-10-13-16-19-20-21-22-23-24-25-26-27-28-31-34-37-40-43-50(55)56-46(41-38-35-32-29-17-14-11-8-5-2)44-49(54)51-47(45-52)48(53)42-39-36-33-30-18-15-12-9-6-3/h21-22,46-48,52-53H,4-20,23-45H2,1-3H3,(H,51,54)/b22-21+. The first-order valence-corrected chi connectivity index (χ1v) is 24.9. The molecule has 3 N–H and O–H groups in total. The maximum absolute atomic E-state index is 13.1. The van der Waals surface area contributed by atoms with Crippen LogP contribution in [-0.2, 0) is 14.3 Å². The van der Waals surface area contributed by atoms with Crippen molar-refractivity contribution in [1.82, 2.24) is 5.32 Å². The third kappa shape index (κ3) is 39.4. The monoisotopic (exact) mass is 792 g/mol. The Hall–Kier alpha value is -1.40. The number of unbranched alkanes of at least 4 members (excludes halogenated alkanes) is 31. The zero-order valence-corrected chi connectivity index (χ0v) is 37.8. The molecule has 6 nitrogen and oxygen atoms in total. The lowest BCUT2D eigenvalue weighted by Gasteiger charge is -2.24. The summed E-state index contributed by atoms with van der Waals surface area (Å²) in [5.74, 6) is -0.465. The van der Waals surface area contributed by atoms with E-state index in [1.165, 1.54) is 180 Å². The fourth-order valence-electron chi connectivity index (χ4n) is 7.78. The van der Waals surface area contributed by atoms with E-state index in [2.05, 4.69) is 38.2 Å². The van der Waals surface area contributed by atoms with Gasteiger partial charge in [0.1, 0.15) is 6.10 Å². The highest BCUT2D eigenvalue weighted by molar-refractivity contribution is 5.77. The summed E-state index contributed by atoms with van der Waals surface area (Å²) in [5.41, 5.74) is 0. The van der Waals surface area contributed by atoms with Crippen LogP contribution in [0, 0.1) is 0 Å². The minimum absolute atomic E-state index is 0.0828. The minimum atomic E-state index is -0.779. The molecule has 3 unspecified atom stereocenters. The maximum atomic E-state index is 13.1. The summed E-state index contributed by atoms with van der Waals surface area (Å²) >= 11 is 0. The lowest BCUT2D eigenvalue weighted by atomic mass is 10.0. The molecule has 0 saturated heterocycles. The van der Waals surface area contributed by atoms with Gasteiger partial charge in [-0.2, -0.15) is 0 Å². The molecule has 0 aliphatic carbocycles. The van der Waals surface area contributed by atoms with Gasteiger partial charge in [-0.05, 0) is 51.4 Å². The molecule has 0 aromatic heterocycles. The molecule has 0 aliphatic rings. The molecule has 0 aromatic rings. The number of aliphatic hydroxyl groups is 2. The lowest BCUT2D eigenvalue weighted by Crippen LogP contribution is -2.46. The highest BCUT2D eigenvalue weighted by atomic mass is 16.5. The molecule has 0 spiro atoms. The quantitative estimate of drug-likeness (QED) is 0.0324. The van der Waals surface area contributed by atoms with Gasteiger partial charge in [-0.15, -0.1) is 0 Å². The Morgan fingerprint density at radius 3 is 1.27 bits per heavy atom. The van der Waals surface area contributed by atoms with Crippen molar-refractivity contribution in [1.29, 1.82) is 0 Å². The van der Waals surface area contributed by atoms with E-state index in [9.17, 15) is 19.8 Å². The van der Waals surface area contributed by atoms with Crippen LogP contribution >= 0.6 is 0 Å². The Labute approximate surface area is 349 Å². The fraction of sp³-hybridized carbons (Fsp3) is 0.920. The molecule has 0 aromatic carbocycles. The van der Waals surface area contributed by atoms with Crippen LogP contribution in [0.2, 0.25) is 0 Å². The fourth-order valence-corrected chi connectivity index (χ4v) is 7.78. The number of aliphatic hydroxyl groups excluding tert-OH is 2. The Kier molecular flexibility index (Phi) is 43.6. The van der Waals surface area contributed by atoms with Crippen LogP contribution in [0.1, 0.15) is 271 Å². The molecular weight excluding hydrogens is 695 g/mol. The number of carbonyl (C=O) groups is 2. The smallest absolute Gasteiger partial charge is 0.306 e. The predicted octanol–water partition coefficient (Wildman–Crippen LogP) is 14.6. The van der Waals surface area contributed by atoms with E-state index in [1.54, 1.807) is 0 Å². The van der Waals surface area contributed by atoms with Gasteiger partial charge in [-0.3, -0.25) is 9.59 Å². The zero-order chi connectivity index (χ0) is 41.0. The molecule has 1 amide bonds. The summed E-state index contributed by atoms with van der Waals surface area (Å²) in [6, 6.07) is -0.692. The van der Waals surface area contributed by atoms with Gasteiger partial charge >= 0.3 is 5.97 Å². The largest absolute Gasteiger partial charge is 0.462 e. The maximum Gasteiger partial charge on any atom is 0.306 e. The second kappa shape index (κ2) is 44.7. The van der Waals surface area contributed by atoms with Crippen LogP contribution in [0.25, 0.3) is 0 Å². The molecule has 0 radical (unpaired) electrons. The molecule has 0 aliphatic heterocycles. The summed E-state index contributed by atoms with van der Waals surface area (Å²) in [5, 5.41) is 23.6. The van der Waals surface area contributed by atoms with Crippen molar-refractivity contribution in [2.75, 3.05) is 6.61 Å². The van der Waals surface area contributed by atoms with Gasteiger partial charge in [-0.25, -0.2) is 0 Å². The van der Waals surface area contributed by atoms with Crippen LogP contribution in [-0.4, -0.2) is 46.9 Å². The van der Waals surface area contributed by atoms with E-state index >= 15 is 0 Å². The molecule has 0 bridgehead atoms. The summed E-state index contributed by atoms with van der Waals surface area (Å²) in [7, 11) is 0. The molecule has 3 atom stereocenters. The first kappa shape index (κ1) is 54.6. The highest BCUT2D eigenvalue weighted by Gasteiger charge is 2.24. The number of carbonyl (C=O) groups excluding carboxylic acids is 2. The van der Waals surface area contributed by atoms with Crippen molar-refractivity contribution < 1.29 is 24.5 Å². The van der Waals surface area contributed by atoms with E-state index in [4.69, 9.17) is 4.74 Å². The van der Waals surface area contributed by atoms with Gasteiger partial charge in [0.05, 0.1) is 25.2 Å². The molecule has 6 heteroatoms. The number of nitrogens with one attached hydrogen (secondary N) is 1. The third-order valence-electron chi connectivity index (χ3n) is 11.6. The van der Waals surface area contributed by atoms with Gasteiger partial charge in [-0.1, -0.05) is 219 Å². The van der Waals surface area contributed by atoms with Crippen molar-refractivity contribution in [3.8, 4) is 0 Å². The van der Waals surface area contributed by atoms with E-state index in [0.29, 0.717) is 19.3 Å². The Bertz CT molecular complexity index is 847. The Morgan fingerprint density at radius 2 is 0.857 bits per heavy atom. The second-order valence-corrected chi connectivity index (χ2v) is 17.2. The van der Waals surface area contributed by atoms with Crippen LogP contribution in [0.5, 0.6) is 0 Å². The molecule has 56 heavy (non-hydrogen) atoms. The van der Waals surface area contributed by atoms with Crippen molar-refractivity contribution in [3.63, 3.8) is 0 Å². The van der Waals surface area contributed by atoms with Gasteiger partial charge in [0.15, 0.2) is 0 Å². The number of ether oxygens (including phenoxy) is 1. The minimum Gasteiger partial charge on any atom is -0.462 e. The number of amides is 1. The number of allylic oxidation sites excluding steroid dienone is 2. The zero-order valence-electron chi connectivity index (χ0n) is 37.8. The lowest BCUT2D eigenvalue weighted by molar-refractivity contribution is -0.151. The van der Waals surface area contributed by atoms with Gasteiger partial charge in [0.25, 0.3) is 0 Å². The average Bonchev–Trinajstić information content (AvgIpc) is 3.19. The molecule has 332 valence electrons. The normalized spacial score (nSPS) is 13.3. The van der Waals surface area contributed by atoms with Crippen molar-refractivity contribution >= 4 is 11.9 Å². The third-order valence-corrected chi connectivity index (χ3v) is 11.6. The van der Waals surface area contributed by atoms with Crippen LogP contribution in [0.15, 0.2) is 12.2 Å². The number of esters is 1. The summed E-state index contributed by atoms with van der Waals surface area (Å²) in [4.78, 5) is 26.0. The Morgan fingerprint density at radius 1 is 0.500 bits per heavy atom. The highest BCUT2D eigenvalue weighted by Crippen LogP contribution is 2.18. The topological polar surface area (TPSA) is 95.9 Å². The van der Waals surface area contributed by atoms with E-state index in [0.717, 1.165) is 44.9 Å².